The van der Waals surface area contributed by atoms with Crippen LogP contribution in [0.3, 0.4) is 0 Å². The van der Waals surface area contributed by atoms with Gasteiger partial charge in [0, 0.05) is 24.5 Å². The molecular formula is C25H28N6O7. The third-order valence-corrected chi connectivity index (χ3v) is 4.71. The average molecular weight is 525 g/mol. The van der Waals surface area contributed by atoms with Crippen LogP contribution in [-0.2, 0) is 32.2 Å². The summed E-state index contributed by atoms with van der Waals surface area (Å²) >= 11 is 0. The Morgan fingerprint density at radius 2 is 1.29 bits per heavy atom. The summed E-state index contributed by atoms with van der Waals surface area (Å²) in [5, 5.41) is 18.8. The molecule has 0 unspecified atom stereocenters. The predicted molar refractivity (Wildman–Crippen MR) is 136 cm³/mol. The lowest BCUT2D eigenvalue weighted by Gasteiger charge is -2.10. The lowest BCUT2D eigenvalue weighted by Crippen LogP contribution is -2.37. The van der Waals surface area contributed by atoms with Crippen molar-refractivity contribution in [2.24, 2.45) is 4.99 Å². The zero-order valence-electron chi connectivity index (χ0n) is 20.5. The number of hydrogen-bond donors (Lipinski definition) is 4. The summed E-state index contributed by atoms with van der Waals surface area (Å²) in [6.07, 6.45) is 2.63. The number of nitriles is 1. The van der Waals surface area contributed by atoms with Gasteiger partial charge in [-0.25, -0.2) is 24.2 Å². The zero-order valence-corrected chi connectivity index (χ0v) is 20.5. The van der Waals surface area contributed by atoms with Gasteiger partial charge in [0.25, 0.3) is 6.26 Å². The number of amides is 4. The van der Waals surface area contributed by atoms with Crippen molar-refractivity contribution >= 4 is 35.7 Å². The van der Waals surface area contributed by atoms with Crippen LogP contribution in [0, 0.1) is 11.5 Å². The first-order valence-corrected chi connectivity index (χ1v) is 11.6. The molecule has 0 fully saturated rings. The lowest BCUT2D eigenvalue weighted by molar-refractivity contribution is 0.160. The zero-order chi connectivity index (χ0) is 27.4. The number of anilines is 2. The van der Waals surface area contributed by atoms with E-state index in [9.17, 15) is 19.2 Å². The molecule has 13 nitrogen and oxygen atoms in total. The van der Waals surface area contributed by atoms with Crippen LogP contribution >= 0.6 is 0 Å². The monoisotopic (exact) mass is 524 g/mol. The number of carbonyl (C=O) groups excluding carboxylic acids is 4. The number of aliphatic imine (C=N–C) groups is 1. The summed E-state index contributed by atoms with van der Waals surface area (Å²) in [4.78, 5) is 49.0. The van der Waals surface area contributed by atoms with E-state index in [0.29, 0.717) is 37.3 Å². The van der Waals surface area contributed by atoms with E-state index in [1.165, 1.54) is 6.08 Å². The third-order valence-electron chi connectivity index (χ3n) is 4.71. The highest BCUT2D eigenvalue weighted by atomic mass is 16.6. The van der Waals surface area contributed by atoms with E-state index in [1.807, 2.05) is 0 Å². The van der Waals surface area contributed by atoms with E-state index in [2.05, 4.69) is 31.0 Å². The van der Waals surface area contributed by atoms with Gasteiger partial charge in [-0.15, -0.1) is 0 Å². The summed E-state index contributed by atoms with van der Waals surface area (Å²) < 4.78 is 14.8. The van der Waals surface area contributed by atoms with E-state index in [0.717, 1.165) is 11.1 Å². The van der Waals surface area contributed by atoms with Crippen LogP contribution in [0.15, 0.2) is 53.5 Å². The fraction of sp³-hybridized carbons (Fsp3) is 0.320. The number of hydrogen-bond acceptors (Lipinski definition) is 9. The van der Waals surface area contributed by atoms with Crippen LogP contribution in [0.25, 0.3) is 0 Å². The third kappa shape index (κ3) is 12.6. The molecule has 0 aromatic heterocycles. The van der Waals surface area contributed by atoms with Crippen molar-refractivity contribution in [3.05, 3.63) is 59.7 Å². The molecule has 2 rings (SSSR count). The van der Waals surface area contributed by atoms with E-state index in [1.54, 1.807) is 54.8 Å². The maximum Gasteiger partial charge on any atom is 0.411 e. The van der Waals surface area contributed by atoms with Crippen LogP contribution in [0.1, 0.15) is 24.0 Å². The Morgan fingerprint density at radius 3 is 1.76 bits per heavy atom. The first-order chi connectivity index (χ1) is 18.5. The van der Waals surface area contributed by atoms with Gasteiger partial charge in [-0.2, -0.15) is 5.26 Å². The fourth-order valence-electron chi connectivity index (χ4n) is 2.87. The number of urea groups is 1. The summed E-state index contributed by atoms with van der Waals surface area (Å²) in [5.41, 5.74) is 2.66. The fourth-order valence-corrected chi connectivity index (χ4v) is 2.87. The van der Waals surface area contributed by atoms with Crippen LogP contribution in [0.5, 0.6) is 0 Å². The average Bonchev–Trinajstić information content (AvgIpc) is 2.92. The van der Waals surface area contributed by atoms with Crippen molar-refractivity contribution in [3.8, 4) is 6.26 Å². The van der Waals surface area contributed by atoms with Crippen molar-refractivity contribution in [1.29, 1.82) is 5.26 Å². The van der Waals surface area contributed by atoms with Gasteiger partial charge in [0.15, 0.2) is 0 Å². The largest absolute Gasteiger partial charge is 0.449 e. The summed E-state index contributed by atoms with van der Waals surface area (Å²) in [6.45, 7) is 1.19. The van der Waals surface area contributed by atoms with Crippen molar-refractivity contribution in [2.75, 3.05) is 36.9 Å². The minimum atomic E-state index is -0.626. The summed E-state index contributed by atoms with van der Waals surface area (Å²) in [7, 11) is 0. The van der Waals surface area contributed by atoms with E-state index < -0.39 is 18.2 Å². The molecule has 0 aliphatic heterocycles. The Kier molecular flexibility index (Phi) is 13.3. The van der Waals surface area contributed by atoms with Crippen LogP contribution < -0.4 is 21.3 Å². The van der Waals surface area contributed by atoms with Gasteiger partial charge in [-0.1, -0.05) is 24.3 Å². The number of nitrogens with zero attached hydrogens (tertiary/aromatic N) is 2. The molecule has 0 aliphatic rings. The predicted octanol–water partition coefficient (Wildman–Crippen LogP) is 3.40. The first kappa shape index (κ1) is 29.2. The van der Waals surface area contributed by atoms with Crippen LogP contribution in [-0.4, -0.2) is 50.6 Å². The first-order valence-electron chi connectivity index (χ1n) is 11.6. The molecule has 0 atom stereocenters. The molecule has 200 valence electrons. The van der Waals surface area contributed by atoms with Gasteiger partial charge in [0.1, 0.15) is 6.61 Å². The number of carbonyl (C=O) groups is 3. The molecule has 0 radical (unpaired) electrons. The Labute approximate surface area is 219 Å². The topological polar surface area (TPSA) is 180 Å². The molecule has 38 heavy (non-hydrogen) atoms. The quantitative estimate of drug-likeness (QED) is 0.126. The Bertz CT molecular complexity index is 1130. The molecule has 2 aromatic carbocycles. The van der Waals surface area contributed by atoms with E-state index >= 15 is 0 Å². The summed E-state index contributed by atoms with van der Waals surface area (Å²) in [5.74, 6) is 0. The Balaban J connectivity index is 1.46. The number of benzene rings is 2. The van der Waals surface area contributed by atoms with Gasteiger partial charge in [-0.3, -0.25) is 10.6 Å². The van der Waals surface area contributed by atoms with Gasteiger partial charge >= 0.3 is 18.2 Å². The molecule has 0 bridgehead atoms. The Morgan fingerprint density at radius 1 is 0.789 bits per heavy atom. The summed E-state index contributed by atoms with van der Waals surface area (Å²) in [6, 6.07) is 13.1. The number of ether oxygens (including phenoxy) is 3. The van der Waals surface area contributed by atoms with E-state index in [-0.39, 0.29) is 26.4 Å². The molecule has 4 N–H and O–H groups in total. The van der Waals surface area contributed by atoms with Crippen LogP contribution in [0.2, 0.25) is 0 Å². The van der Waals surface area contributed by atoms with Crippen molar-refractivity contribution in [2.45, 2.75) is 26.0 Å². The molecule has 4 amide bonds. The normalized spacial score (nSPS) is 9.66. The highest BCUT2D eigenvalue weighted by Gasteiger charge is 2.06. The molecule has 0 saturated carbocycles. The van der Waals surface area contributed by atoms with Gasteiger partial charge < -0.3 is 24.8 Å². The van der Waals surface area contributed by atoms with Crippen molar-refractivity contribution in [1.82, 2.24) is 10.6 Å². The molecule has 0 spiro atoms. The number of nitrogens with one attached hydrogen (secondary N) is 4. The highest BCUT2D eigenvalue weighted by molar-refractivity contribution is 5.85. The SMILES string of the molecule is N#COCc1ccc(NC(=O)OCCCNC(=O)NCCCOC(=O)Nc2ccc(CN=C=O)cc2)cc1. The second-order valence-corrected chi connectivity index (χ2v) is 7.59. The standard InChI is InChI=1S/C25H28N6O7/c26-17-36-16-20-5-9-22(10-6-20)31-25(35)38-14-2-12-29-23(33)28-11-1-13-37-24(34)30-21-7-3-19(4-8-21)15-27-18-32/h3-10H,1-2,11-16H2,(H,30,34)(H,31,35)(H2,28,29,33). The van der Waals surface area contributed by atoms with Gasteiger partial charge in [-0.05, 0) is 48.2 Å². The highest BCUT2D eigenvalue weighted by Crippen LogP contribution is 2.11. The van der Waals surface area contributed by atoms with Gasteiger partial charge in [0.05, 0.1) is 19.8 Å². The minimum Gasteiger partial charge on any atom is -0.449 e. The second kappa shape index (κ2) is 17.4. The molecule has 0 saturated heterocycles. The van der Waals surface area contributed by atoms with E-state index in [4.69, 9.17) is 14.7 Å². The molecular weight excluding hydrogens is 496 g/mol. The van der Waals surface area contributed by atoms with Gasteiger partial charge in [0.2, 0.25) is 6.08 Å². The van der Waals surface area contributed by atoms with Crippen molar-refractivity contribution in [3.63, 3.8) is 0 Å². The molecule has 0 aliphatic carbocycles. The molecule has 13 heteroatoms. The lowest BCUT2D eigenvalue weighted by atomic mass is 10.2. The number of isocyanates is 1. The molecule has 0 heterocycles. The van der Waals surface area contributed by atoms with Crippen LogP contribution in [0.4, 0.5) is 25.8 Å². The smallest absolute Gasteiger partial charge is 0.411 e. The minimum absolute atomic E-state index is 0.109. The maximum absolute atomic E-state index is 11.8. The van der Waals surface area contributed by atoms with Crippen molar-refractivity contribution < 1.29 is 33.4 Å². The molecule has 2 aromatic rings. The Hall–Kier alpha value is -5.08. The second-order valence-electron chi connectivity index (χ2n) is 7.59. The number of rotatable bonds is 14. The maximum atomic E-state index is 11.8.